The fourth-order valence-electron chi connectivity index (χ4n) is 1.76. The summed E-state index contributed by atoms with van der Waals surface area (Å²) in [5, 5.41) is 7.16. The molecule has 9 heteroatoms. The monoisotopic (exact) mass is 296 g/mol. The van der Waals surface area contributed by atoms with E-state index in [9.17, 15) is 8.42 Å². The molecule has 2 aromatic heterocycles. The van der Waals surface area contributed by atoms with Crippen molar-refractivity contribution >= 4 is 16.0 Å². The second-order valence-corrected chi connectivity index (χ2v) is 6.13. The molecule has 0 atom stereocenters. The number of hydrogen-bond donors (Lipinski definition) is 2. The van der Waals surface area contributed by atoms with Crippen LogP contribution in [0.2, 0.25) is 0 Å². The fourth-order valence-corrected chi connectivity index (χ4v) is 2.76. The molecule has 0 bridgehead atoms. The molecule has 2 rings (SSSR count). The first-order chi connectivity index (χ1) is 9.44. The number of sulfonamides is 1. The lowest BCUT2D eigenvalue weighted by Crippen LogP contribution is -2.14. The number of anilines is 1. The molecule has 0 radical (unpaired) electrons. The van der Waals surface area contributed by atoms with Gasteiger partial charge in [-0.25, -0.2) is 18.1 Å². The first kappa shape index (κ1) is 14.4. The highest BCUT2D eigenvalue weighted by Gasteiger charge is 2.20. The van der Waals surface area contributed by atoms with Gasteiger partial charge in [0.2, 0.25) is 0 Å². The third-order valence-corrected chi connectivity index (χ3v) is 3.99. The van der Waals surface area contributed by atoms with Crippen molar-refractivity contribution < 1.29 is 8.42 Å². The molecular weight excluding hydrogens is 280 g/mol. The molecule has 0 aliphatic rings. The van der Waals surface area contributed by atoms with Gasteiger partial charge in [0.05, 0.1) is 12.4 Å². The molecule has 108 valence electrons. The Kier molecular flexibility index (Phi) is 4.00. The molecule has 0 aliphatic carbocycles. The van der Waals surface area contributed by atoms with Crippen molar-refractivity contribution in [3.05, 3.63) is 30.4 Å². The molecular formula is C11H16N6O2S. The van der Waals surface area contributed by atoms with Gasteiger partial charge in [-0.15, -0.1) is 5.10 Å². The summed E-state index contributed by atoms with van der Waals surface area (Å²) < 4.78 is 28.6. The van der Waals surface area contributed by atoms with E-state index in [2.05, 4.69) is 19.9 Å². The highest BCUT2D eigenvalue weighted by molar-refractivity contribution is 7.92. The van der Waals surface area contributed by atoms with Crippen LogP contribution in [0.25, 0.3) is 0 Å². The lowest BCUT2D eigenvalue weighted by Gasteiger charge is -2.10. The molecule has 0 saturated heterocycles. The predicted molar refractivity (Wildman–Crippen MR) is 73.3 cm³/mol. The summed E-state index contributed by atoms with van der Waals surface area (Å²) in [6, 6.07) is 1.66. The van der Waals surface area contributed by atoms with Gasteiger partial charge in [0.15, 0.2) is 0 Å². The van der Waals surface area contributed by atoms with Crippen molar-refractivity contribution in [2.24, 2.45) is 5.73 Å². The molecule has 0 aliphatic heterocycles. The largest absolute Gasteiger partial charge is 0.346 e. The van der Waals surface area contributed by atoms with Crippen molar-refractivity contribution in [1.29, 1.82) is 0 Å². The van der Waals surface area contributed by atoms with Crippen LogP contribution in [-0.4, -0.2) is 28.2 Å². The number of nitrogens with one attached hydrogen (secondary N) is 1. The Hall–Kier alpha value is -2.00. The van der Waals surface area contributed by atoms with Crippen LogP contribution in [-0.2, 0) is 16.6 Å². The van der Waals surface area contributed by atoms with E-state index in [0.717, 1.165) is 5.69 Å². The van der Waals surface area contributed by atoms with E-state index in [-0.39, 0.29) is 23.4 Å². The molecule has 0 spiro atoms. The molecule has 0 unspecified atom stereocenters. The average molecular weight is 296 g/mol. The summed E-state index contributed by atoms with van der Waals surface area (Å²) in [5.41, 5.74) is 6.37. The molecule has 8 nitrogen and oxygen atoms in total. The van der Waals surface area contributed by atoms with Crippen LogP contribution >= 0.6 is 0 Å². The smallest absolute Gasteiger partial charge is 0.265 e. The van der Waals surface area contributed by atoms with Gasteiger partial charge >= 0.3 is 0 Å². The van der Waals surface area contributed by atoms with Crippen LogP contribution in [0.1, 0.15) is 25.6 Å². The van der Waals surface area contributed by atoms with E-state index in [4.69, 9.17) is 5.73 Å². The zero-order chi connectivity index (χ0) is 14.8. The summed E-state index contributed by atoms with van der Waals surface area (Å²) in [6.45, 7) is 4.16. The molecule has 0 saturated carbocycles. The Morgan fingerprint density at radius 2 is 2.15 bits per heavy atom. The standard InChI is InChI=1S/C11H16N6O2S/c1-8(2)17-7-10(5-9(17)6-12)20(18,19)16-11-13-3-4-14-15-11/h3-5,7-8H,6,12H2,1-2H3,(H,13,15,16). The van der Waals surface area contributed by atoms with E-state index >= 15 is 0 Å². The van der Waals surface area contributed by atoms with Crippen LogP contribution in [0.5, 0.6) is 0 Å². The minimum absolute atomic E-state index is 0.0703. The molecule has 0 amide bonds. The van der Waals surface area contributed by atoms with Gasteiger partial charge in [-0.2, -0.15) is 5.10 Å². The average Bonchev–Trinajstić information content (AvgIpc) is 2.84. The molecule has 2 aromatic rings. The normalized spacial score (nSPS) is 11.8. The summed E-state index contributed by atoms with van der Waals surface area (Å²) >= 11 is 0. The summed E-state index contributed by atoms with van der Waals surface area (Å²) in [7, 11) is -3.75. The highest BCUT2D eigenvalue weighted by atomic mass is 32.2. The van der Waals surface area contributed by atoms with E-state index in [1.54, 1.807) is 12.3 Å². The molecule has 0 aromatic carbocycles. The third-order valence-electron chi connectivity index (χ3n) is 2.69. The number of nitrogens with two attached hydrogens (primary N) is 1. The van der Waals surface area contributed by atoms with Gasteiger partial charge in [-0.3, -0.25) is 0 Å². The number of hydrogen-bond acceptors (Lipinski definition) is 6. The summed E-state index contributed by atoms with van der Waals surface area (Å²) in [5.74, 6) is -0.0703. The van der Waals surface area contributed by atoms with Crippen LogP contribution in [0.4, 0.5) is 5.95 Å². The maximum Gasteiger partial charge on any atom is 0.265 e. The quantitative estimate of drug-likeness (QED) is 0.830. The van der Waals surface area contributed by atoms with Crippen molar-refractivity contribution in [1.82, 2.24) is 19.7 Å². The molecule has 2 heterocycles. The van der Waals surface area contributed by atoms with E-state index in [0.29, 0.717) is 0 Å². The van der Waals surface area contributed by atoms with Gasteiger partial charge in [-0.1, -0.05) is 0 Å². The van der Waals surface area contributed by atoms with Gasteiger partial charge in [0, 0.05) is 24.5 Å². The first-order valence-electron chi connectivity index (χ1n) is 6.01. The topological polar surface area (TPSA) is 116 Å². The Labute approximate surface area is 117 Å². The van der Waals surface area contributed by atoms with Gasteiger partial charge in [0.1, 0.15) is 4.90 Å². The maximum atomic E-state index is 12.2. The summed E-state index contributed by atoms with van der Waals surface area (Å²) in [4.78, 5) is 3.90. The third kappa shape index (κ3) is 2.94. The Morgan fingerprint density at radius 1 is 1.40 bits per heavy atom. The van der Waals surface area contributed by atoms with Crippen molar-refractivity contribution in [2.45, 2.75) is 31.3 Å². The van der Waals surface area contributed by atoms with Gasteiger partial charge < -0.3 is 10.3 Å². The van der Waals surface area contributed by atoms with Crippen LogP contribution in [0.15, 0.2) is 29.6 Å². The Balaban J connectivity index is 2.35. The molecule has 3 N–H and O–H groups in total. The molecule has 0 fully saturated rings. The van der Waals surface area contributed by atoms with Gasteiger partial charge in [0.25, 0.3) is 16.0 Å². The predicted octanol–water partition coefficient (Wildman–Crippen LogP) is 0.513. The first-order valence-corrected chi connectivity index (χ1v) is 7.49. The van der Waals surface area contributed by atoms with Crippen molar-refractivity contribution in [2.75, 3.05) is 4.72 Å². The zero-order valence-corrected chi connectivity index (χ0v) is 12.0. The SMILES string of the molecule is CC(C)n1cc(S(=O)(=O)Nc2nccnn2)cc1CN. The Bertz CT molecular complexity index is 680. The summed E-state index contributed by atoms with van der Waals surface area (Å²) in [6.07, 6.45) is 4.26. The van der Waals surface area contributed by atoms with E-state index < -0.39 is 10.0 Å². The zero-order valence-electron chi connectivity index (χ0n) is 11.2. The van der Waals surface area contributed by atoms with Crippen molar-refractivity contribution in [3.63, 3.8) is 0 Å². The number of nitrogens with zero attached hydrogens (tertiary/aromatic N) is 4. The van der Waals surface area contributed by atoms with Crippen LogP contribution in [0, 0.1) is 0 Å². The fraction of sp³-hybridized carbons (Fsp3) is 0.364. The minimum Gasteiger partial charge on any atom is -0.346 e. The number of aromatic nitrogens is 4. The van der Waals surface area contributed by atoms with E-state index in [1.165, 1.54) is 12.4 Å². The lowest BCUT2D eigenvalue weighted by molar-refractivity contribution is 0.573. The van der Waals surface area contributed by atoms with Crippen molar-refractivity contribution in [3.8, 4) is 0 Å². The van der Waals surface area contributed by atoms with Gasteiger partial charge in [-0.05, 0) is 19.9 Å². The lowest BCUT2D eigenvalue weighted by atomic mass is 10.3. The minimum atomic E-state index is -3.75. The Morgan fingerprint density at radius 3 is 2.65 bits per heavy atom. The second-order valence-electron chi connectivity index (χ2n) is 4.44. The maximum absolute atomic E-state index is 12.2. The highest BCUT2D eigenvalue weighted by Crippen LogP contribution is 2.20. The molecule has 20 heavy (non-hydrogen) atoms. The number of rotatable bonds is 5. The second kappa shape index (κ2) is 5.55. The van der Waals surface area contributed by atoms with Crippen LogP contribution < -0.4 is 10.5 Å². The van der Waals surface area contributed by atoms with Crippen LogP contribution in [0.3, 0.4) is 0 Å². The van der Waals surface area contributed by atoms with E-state index in [1.807, 2.05) is 18.4 Å².